The minimum absolute atomic E-state index is 0.0335. The molecule has 0 atom stereocenters. The van der Waals surface area contributed by atoms with Crippen molar-refractivity contribution in [2.75, 3.05) is 296 Å². The van der Waals surface area contributed by atoms with Crippen LogP contribution < -0.4 is 95.7 Å². The molecule has 149 heavy (non-hydrogen) atoms. The Bertz CT molecular complexity index is 2520. The van der Waals surface area contributed by atoms with Gasteiger partial charge in [0.2, 0.25) is 23.6 Å². The summed E-state index contributed by atoms with van der Waals surface area (Å²) in [6.07, 6.45) is 24.5. The van der Waals surface area contributed by atoms with Gasteiger partial charge in [0.15, 0.2) is 0 Å². The van der Waals surface area contributed by atoms with Crippen LogP contribution in [0, 0.1) is 0 Å². The van der Waals surface area contributed by atoms with E-state index in [4.69, 9.17) is 66.3 Å². The van der Waals surface area contributed by atoms with E-state index in [0.717, 1.165) is 338 Å². The Morgan fingerprint density at radius 2 is 0.302 bits per heavy atom. The molecule has 0 aliphatic rings. The molecule has 4 amide bonds. The maximum atomic E-state index is 11.2. The van der Waals surface area contributed by atoms with Crippen LogP contribution in [0.3, 0.4) is 0 Å². The van der Waals surface area contributed by atoms with Crippen molar-refractivity contribution in [3.05, 3.63) is 0 Å². The summed E-state index contributed by atoms with van der Waals surface area (Å²) in [7, 11) is 0. The Labute approximate surface area is 990 Å². The van der Waals surface area contributed by atoms with Crippen LogP contribution >= 0.6 is 0 Å². The number of rotatable bonds is 95. The van der Waals surface area contributed by atoms with E-state index in [1.54, 1.807) is 0 Å². The molecule has 0 rings (SSSR count). The number of hydrogen-bond acceptors (Lipinski definition) is 32. The van der Waals surface area contributed by atoms with Gasteiger partial charge in [-0.1, -0.05) is 75.7 Å². The van der Waals surface area contributed by atoms with E-state index in [1.165, 1.54) is 199 Å². The van der Waals surface area contributed by atoms with Crippen LogP contribution in [0.1, 0.15) is 334 Å². The summed E-state index contributed by atoms with van der Waals surface area (Å²) in [5, 5.41) is 56.4. The van der Waals surface area contributed by atoms with Crippen molar-refractivity contribution in [3.8, 4) is 0 Å². The average molecular weight is 3340 g/mol. The Balaban J connectivity index is -0.000000124. The predicted octanol–water partition coefficient (Wildman–Crippen LogP) is 11.1. The van der Waals surface area contributed by atoms with E-state index in [1.807, 2.05) is 41.5 Å². The van der Waals surface area contributed by atoms with Crippen LogP contribution in [0.2, 0.25) is 0 Å². The molecule has 0 saturated carbocycles. The second-order valence-corrected chi connectivity index (χ2v) is 41.8. The molecule has 0 aromatic rings. The molecule has 0 bridgehead atoms. The topological polar surface area (TPSA) is 414 Å². The first kappa shape index (κ1) is 177. The molecule has 0 aliphatic heterocycles. The zero-order valence-electron chi connectivity index (χ0n) is 99.5. The maximum absolute atomic E-state index is 11.2. The number of carbonyl (C=O) groups excluding carboxylic acids is 4. The predicted molar refractivity (Wildman–Crippen MR) is 604 cm³/mol. The van der Waals surface area contributed by atoms with Gasteiger partial charge in [0, 0.05) is 91.5 Å². The van der Waals surface area contributed by atoms with Gasteiger partial charge in [-0.15, -0.1) is 0 Å². The first-order valence-corrected chi connectivity index (χ1v) is 66.8. The number of carbonyl (C=O) groups is 4. The fourth-order valence-electron chi connectivity index (χ4n) is 8.90. The van der Waals surface area contributed by atoms with E-state index in [9.17, 15) is 19.2 Å². The van der Waals surface area contributed by atoms with Crippen molar-refractivity contribution in [1.82, 2.24) is 95.7 Å². The third-order valence-electron chi connectivity index (χ3n) is 16.2. The molecule has 0 aromatic heterocycles. The molecule has 36 nitrogen and oxygen atoms in total. The fourth-order valence-corrected chi connectivity index (χ4v) is 14.6. The van der Waals surface area contributed by atoms with Crippen LogP contribution in [0.15, 0.2) is 0 Å². The quantitative estimate of drug-likeness (QED) is 0.0199. The van der Waals surface area contributed by atoms with Crippen molar-refractivity contribution in [1.29, 1.82) is 0 Å². The molecule has 0 saturated heterocycles. The second-order valence-electron chi connectivity index (χ2n) is 31.5. The van der Waals surface area contributed by atoms with Crippen molar-refractivity contribution in [2.24, 2.45) is 0 Å². The van der Waals surface area contributed by atoms with E-state index in [2.05, 4.69) is 234 Å². The summed E-state index contributed by atoms with van der Waals surface area (Å²) in [4.78, 5) is 43.0. The molecule has 898 valence electrons. The third kappa shape index (κ3) is 216. The van der Waals surface area contributed by atoms with Crippen molar-refractivity contribution in [3.63, 3.8) is 0 Å². The molecule has 0 heterocycles. The van der Waals surface area contributed by atoms with Crippen molar-refractivity contribution >= 4 is 52.6 Å². The molecule has 0 spiro atoms. The summed E-state index contributed by atoms with van der Waals surface area (Å²) in [5.41, 5.74) is 0. The normalized spacial score (nSPS) is 10.0. The molecule has 18 N–H and O–H groups in total. The zero-order valence-corrected chi connectivity index (χ0v) is 120. The summed E-state index contributed by atoms with van der Waals surface area (Å²) in [6.45, 7) is 90.5. The van der Waals surface area contributed by atoms with Gasteiger partial charge in [-0.3, -0.25) is 19.2 Å². The number of amides is 4. The fraction of sp³-hybridized carbons (Fsp3) is 0.896. The molecule has 0 aromatic carbocycles. The number of ether oxygens (including phenoxy) is 14. The number of nitrogens with one attached hydrogen (secondary N) is 18. The third-order valence-corrected chi connectivity index (χ3v) is 23.4. The summed E-state index contributed by atoms with van der Waals surface area (Å²) in [6, 6.07) is 0. The molecule has 0 unspecified atom stereocenters. The molecule has 0 aliphatic carbocycles. The van der Waals surface area contributed by atoms with Gasteiger partial charge in [0.05, 0.1) is 26.4 Å². The first-order chi connectivity index (χ1) is 72.2. The zero-order chi connectivity index (χ0) is 115. The Kier molecular flexibility index (Phi) is 212. The Morgan fingerprint density at radius 1 is 0.154 bits per heavy atom. The van der Waals surface area contributed by atoms with Crippen LogP contribution in [0.25, 0.3) is 0 Å². The SMILES string of the molecule is CCC.CCCCOCCN[C](=[W])NCC.CCCCOCCN[C](=[W])NCCOCCC.CCCCOCCN[C](=[W])NCOCCCC.CCCOCCC.CCCOCCC(=O)NCC.CCCOCCNC(=O)CC.CCCOCCNC(=O)CCOCCC.CCCOCCN[C](=[W])NCC.CCCOCCN[C](=[W])NCC.CCCOCCN[C](=[W])NCCOCCC.CCNC(=O)CC.CCN[C](=[W])NCC. The van der Waals surface area contributed by atoms with Gasteiger partial charge in [-0.2, -0.15) is 0 Å². The minimum atomic E-state index is 0.0335. The van der Waals surface area contributed by atoms with Crippen molar-refractivity contribution < 1.29 is 221 Å². The van der Waals surface area contributed by atoms with Gasteiger partial charge in [-0.25, -0.2) is 0 Å². The van der Waals surface area contributed by atoms with Crippen LogP contribution in [-0.4, -0.2) is 349 Å². The Morgan fingerprint density at radius 3 is 0.497 bits per heavy atom. The van der Waals surface area contributed by atoms with E-state index >= 15 is 0 Å². The molecule has 0 fully saturated rings. The van der Waals surface area contributed by atoms with Gasteiger partial charge < -0.3 is 45.0 Å². The first-order valence-electron chi connectivity index (χ1n) is 56.5. The standard InChI is InChI=1S/2C12H26N2O2.C11H24N2O2.C11H23NO3.C9H20N2O.2C8H18N2O.2C8H17NO2.C6H14O.C5H12N2.C5H11NO.C3H8.7W/c1-3-5-9-16-11-7-14-12-13-6-10-15-8-4-2;1-3-5-8-15-10-7-13-11-14-12-16-9-6-4-2;1-3-7-14-9-5-12-11-13-6-10-15-8-4-2;1-3-7-14-9-5-11(13)12-6-10-15-8-4-2;1-3-5-7-12-8-6-11-9-10-4-2;2*1-3-6-11-7-5-10-8-9-4-2;1-3-6-11-7-5-8(10)9-4-2;1-3-6-11-7-5-9-8(10)4-2;1-3-5-7-6-4-2;1-3-6-5-7-4-2;1-3-5(7)6-4-2;1-3-2;;;;;;;/h13-14H,3-11H2,1-2H3;13-14H,3-10,12H2,1-2H3;12-13H,3-10H2,1-2H3;3-10H2,1-2H3,(H,12,13);10-11H,3-8H2,1-2H3;2*9-10H,3-7H2,1-2H3;2*3-7H2,1-2H3,(H,9,10);3-6H2,1-2H3;6-7H,3-4H2,1-2H3;3-4H2,1-2H3,(H,6,7);3H2,1-2H3;;;;;;;. The number of hydrogen-bond donors (Lipinski definition) is 18. The van der Waals surface area contributed by atoms with Crippen LogP contribution in [0.4, 0.5) is 0 Å². The van der Waals surface area contributed by atoms with Gasteiger partial charge in [-0.05, 0) is 52.4 Å². The summed E-state index contributed by atoms with van der Waals surface area (Å²) < 4.78 is 82.7. The van der Waals surface area contributed by atoms with Gasteiger partial charge in [0.1, 0.15) is 0 Å². The van der Waals surface area contributed by atoms with Gasteiger partial charge >= 0.3 is 666 Å². The summed E-state index contributed by atoms with van der Waals surface area (Å²) in [5.74, 6) is 0.322. The average Bonchev–Trinajstić information content (AvgIpc) is 1.05. The molecular weight excluding hydrogens is 3100 g/mol. The number of unbranched alkanes of at least 4 members (excludes halogenated alkanes) is 4. The van der Waals surface area contributed by atoms with E-state index < -0.39 is 0 Å². The van der Waals surface area contributed by atoms with Gasteiger partial charge in [0.25, 0.3) is 0 Å². The second kappa shape index (κ2) is 179. The van der Waals surface area contributed by atoms with E-state index in [0.29, 0.717) is 78.5 Å². The van der Waals surface area contributed by atoms with Crippen LogP contribution in [0.5, 0.6) is 0 Å². The molecular formula is C106H234N18O18W7. The van der Waals surface area contributed by atoms with Crippen LogP contribution in [-0.2, 0) is 221 Å². The van der Waals surface area contributed by atoms with Crippen molar-refractivity contribution in [2.45, 2.75) is 334 Å². The monoisotopic (exact) mass is 3340 g/mol. The molecule has 43 heteroatoms. The molecule has 0 radical (unpaired) electrons. The summed E-state index contributed by atoms with van der Waals surface area (Å²) >= 11 is 10.1. The Hall–Kier alpha value is 0.668. The van der Waals surface area contributed by atoms with E-state index in [-0.39, 0.29) is 23.6 Å².